The van der Waals surface area contributed by atoms with Crippen LogP contribution in [0.5, 0.6) is 0 Å². The van der Waals surface area contributed by atoms with E-state index in [0.717, 1.165) is 37.6 Å². The van der Waals surface area contributed by atoms with E-state index >= 15 is 0 Å². The summed E-state index contributed by atoms with van der Waals surface area (Å²) in [6.45, 7) is 8.16. The Balaban J connectivity index is 1.52. The quantitative estimate of drug-likeness (QED) is 0.931. The molecule has 1 aromatic carbocycles. The predicted octanol–water partition coefficient (Wildman–Crippen LogP) is 1.83. The normalized spacial score (nSPS) is 18.3. The third-order valence-corrected chi connectivity index (χ3v) is 3.94. The van der Waals surface area contributed by atoms with Gasteiger partial charge in [0.05, 0.1) is 24.6 Å². The summed E-state index contributed by atoms with van der Waals surface area (Å²) >= 11 is 0. The summed E-state index contributed by atoms with van der Waals surface area (Å²) in [6, 6.07) is 8.64. The van der Waals surface area contributed by atoms with Crippen LogP contribution >= 0.6 is 0 Å². The van der Waals surface area contributed by atoms with Crippen molar-refractivity contribution in [1.82, 2.24) is 20.3 Å². The first kappa shape index (κ1) is 14.2. The van der Waals surface area contributed by atoms with Crippen LogP contribution in [0.15, 0.2) is 24.3 Å². The molecule has 0 saturated heterocycles. The summed E-state index contributed by atoms with van der Waals surface area (Å²) in [7, 11) is 0. The van der Waals surface area contributed by atoms with E-state index in [1.54, 1.807) is 0 Å². The number of benzene rings is 1. The van der Waals surface area contributed by atoms with E-state index in [2.05, 4.69) is 46.8 Å². The highest BCUT2D eigenvalue weighted by Gasteiger charge is 2.19. The van der Waals surface area contributed by atoms with Gasteiger partial charge in [-0.15, -0.1) is 5.10 Å². The average molecular weight is 286 g/mol. The molecule has 0 amide bonds. The van der Waals surface area contributed by atoms with Crippen LogP contribution in [0, 0.1) is 19.8 Å². The van der Waals surface area contributed by atoms with Gasteiger partial charge in [-0.05, 0) is 19.4 Å². The average Bonchev–Trinajstić information content (AvgIpc) is 2.71. The lowest BCUT2D eigenvalue weighted by atomic mass is 10.1. The van der Waals surface area contributed by atoms with Gasteiger partial charge in [-0.3, -0.25) is 0 Å². The molecule has 0 saturated carbocycles. The van der Waals surface area contributed by atoms with Crippen LogP contribution in [0.2, 0.25) is 0 Å². The van der Waals surface area contributed by atoms with Crippen molar-refractivity contribution < 1.29 is 4.74 Å². The molecule has 5 nitrogen and oxygen atoms in total. The van der Waals surface area contributed by atoms with Gasteiger partial charge >= 0.3 is 0 Å². The van der Waals surface area contributed by atoms with Gasteiger partial charge in [-0.25, -0.2) is 4.68 Å². The summed E-state index contributed by atoms with van der Waals surface area (Å²) in [5, 5.41) is 11.8. The smallest absolute Gasteiger partial charge is 0.0904 e. The SMILES string of the molecule is Cc1ccc(CNC[C@@H]2COCc3c(C)nnn3C2)cc1. The first-order valence-electron chi connectivity index (χ1n) is 7.45. The molecule has 1 atom stereocenters. The third-order valence-electron chi connectivity index (χ3n) is 3.94. The molecule has 3 rings (SSSR count). The van der Waals surface area contributed by atoms with Crippen molar-refractivity contribution in [1.29, 1.82) is 0 Å². The predicted molar refractivity (Wildman–Crippen MR) is 80.8 cm³/mol. The highest BCUT2D eigenvalue weighted by molar-refractivity contribution is 5.21. The number of hydrogen-bond donors (Lipinski definition) is 1. The molecule has 0 unspecified atom stereocenters. The van der Waals surface area contributed by atoms with E-state index in [1.807, 2.05) is 11.6 Å². The van der Waals surface area contributed by atoms with E-state index in [0.29, 0.717) is 12.5 Å². The Morgan fingerprint density at radius 2 is 2.10 bits per heavy atom. The zero-order valence-corrected chi connectivity index (χ0v) is 12.7. The van der Waals surface area contributed by atoms with E-state index in [9.17, 15) is 0 Å². The lowest BCUT2D eigenvalue weighted by Crippen LogP contribution is -2.28. The topological polar surface area (TPSA) is 52.0 Å². The third kappa shape index (κ3) is 3.49. The maximum Gasteiger partial charge on any atom is 0.0904 e. The van der Waals surface area contributed by atoms with Gasteiger partial charge in [-0.2, -0.15) is 0 Å². The maximum absolute atomic E-state index is 5.75. The Hall–Kier alpha value is -1.72. The van der Waals surface area contributed by atoms with Crippen molar-refractivity contribution >= 4 is 0 Å². The number of nitrogens with zero attached hydrogens (tertiary/aromatic N) is 3. The molecule has 0 spiro atoms. The van der Waals surface area contributed by atoms with Gasteiger partial charge < -0.3 is 10.1 Å². The molecular weight excluding hydrogens is 264 g/mol. The number of aromatic nitrogens is 3. The van der Waals surface area contributed by atoms with Gasteiger partial charge in [-0.1, -0.05) is 35.0 Å². The van der Waals surface area contributed by atoms with Crippen LogP contribution in [0.25, 0.3) is 0 Å². The molecule has 0 aliphatic carbocycles. The second kappa shape index (κ2) is 6.37. The Kier molecular flexibility index (Phi) is 4.31. The highest BCUT2D eigenvalue weighted by Crippen LogP contribution is 2.14. The van der Waals surface area contributed by atoms with Crippen LogP contribution in [0.3, 0.4) is 0 Å². The van der Waals surface area contributed by atoms with Crippen molar-refractivity contribution in [3.63, 3.8) is 0 Å². The first-order chi connectivity index (χ1) is 10.2. The van der Waals surface area contributed by atoms with Crippen molar-refractivity contribution in [2.24, 2.45) is 5.92 Å². The van der Waals surface area contributed by atoms with Crippen LogP contribution < -0.4 is 5.32 Å². The second-order valence-electron chi connectivity index (χ2n) is 5.80. The number of nitrogens with one attached hydrogen (secondary N) is 1. The van der Waals surface area contributed by atoms with Crippen LogP contribution in [-0.4, -0.2) is 28.1 Å². The zero-order valence-electron chi connectivity index (χ0n) is 12.7. The van der Waals surface area contributed by atoms with E-state index in [-0.39, 0.29) is 0 Å². The van der Waals surface area contributed by atoms with Gasteiger partial charge in [0.2, 0.25) is 0 Å². The fourth-order valence-corrected chi connectivity index (χ4v) is 2.61. The molecule has 0 radical (unpaired) electrons. The monoisotopic (exact) mass is 286 g/mol. The van der Waals surface area contributed by atoms with Crippen LogP contribution in [0.4, 0.5) is 0 Å². The summed E-state index contributed by atoms with van der Waals surface area (Å²) in [5.74, 6) is 0.429. The molecule has 2 heterocycles. The molecule has 1 N–H and O–H groups in total. The first-order valence-corrected chi connectivity index (χ1v) is 7.45. The largest absolute Gasteiger partial charge is 0.375 e. The molecule has 21 heavy (non-hydrogen) atoms. The van der Waals surface area contributed by atoms with Crippen molar-refractivity contribution in [3.05, 3.63) is 46.8 Å². The van der Waals surface area contributed by atoms with Crippen LogP contribution in [0.1, 0.15) is 22.5 Å². The lowest BCUT2D eigenvalue weighted by molar-refractivity contribution is 0.0936. The molecule has 0 bridgehead atoms. The standard InChI is InChI=1S/C16H22N4O/c1-12-3-5-14(6-4-12)7-17-8-15-9-20-16(11-21-10-15)13(2)18-19-20/h3-6,15,17H,7-11H2,1-2H3/t15-/m0/s1. The number of rotatable bonds is 4. The summed E-state index contributed by atoms with van der Waals surface area (Å²) < 4.78 is 7.74. The van der Waals surface area contributed by atoms with E-state index < -0.39 is 0 Å². The molecule has 1 aliphatic heterocycles. The Bertz CT molecular complexity index is 591. The summed E-state index contributed by atoms with van der Waals surface area (Å²) in [4.78, 5) is 0. The van der Waals surface area contributed by atoms with Crippen molar-refractivity contribution in [2.45, 2.75) is 33.5 Å². The van der Waals surface area contributed by atoms with Crippen molar-refractivity contribution in [2.75, 3.05) is 13.2 Å². The van der Waals surface area contributed by atoms with Gasteiger partial charge in [0.25, 0.3) is 0 Å². The zero-order chi connectivity index (χ0) is 14.7. The van der Waals surface area contributed by atoms with Crippen molar-refractivity contribution in [3.8, 4) is 0 Å². The van der Waals surface area contributed by atoms with Gasteiger partial charge in [0, 0.05) is 25.6 Å². The Labute approximate surface area is 125 Å². The minimum atomic E-state index is 0.429. The minimum absolute atomic E-state index is 0.429. The highest BCUT2D eigenvalue weighted by atomic mass is 16.5. The van der Waals surface area contributed by atoms with Gasteiger partial charge in [0.15, 0.2) is 0 Å². The number of hydrogen-bond acceptors (Lipinski definition) is 4. The Morgan fingerprint density at radius 3 is 2.90 bits per heavy atom. The second-order valence-corrected chi connectivity index (χ2v) is 5.80. The summed E-state index contributed by atoms with van der Waals surface area (Å²) in [5.41, 5.74) is 4.69. The van der Waals surface area contributed by atoms with Gasteiger partial charge in [0.1, 0.15) is 0 Å². The molecular formula is C16H22N4O. The molecule has 5 heteroatoms. The van der Waals surface area contributed by atoms with E-state index in [4.69, 9.17) is 4.74 Å². The lowest BCUT2D eigenvalue weighted by Gasteiger charge is -2.15. The maximum atomic E-state index is 5.75. The molecule has 0 fully saturated rings. The molecule has 1 aliphatic rings. The van der Waals surface area contributed by atoms with E-state index in [1.165, 1.54) is 11.1 Å². The minimum Gasteiger partial charge on any atom is -0.375 e. The number of ether oxygens (including phenoxy) is 1. The molecule has 1 aromatic heterocycles. The number of fused-ring (bicyclic) bond motifs is 1. The fourth-order valence-electron chi connectivity index (χ4n) is 2.61. The number of aryl methyl sites for hydroxylation is 2. The molecule has 112 valence electrons. The molecule has 2 aromatic rings. The van der Waals surface area contributed by atoms with Crippen LogP contribution in [-0.2, 0) is 24.4 Å². The summed E-state index contributed by atoms with van der Waals surface area (Å²) in [6.07, 6.45) is 0. The fraction of sp³-hybridized carbons (Fsp3) is 0.500. The Morgan fingerprint density at radius 1 is 1.29 bits per heavy atom.